The second-order valence-corrected chi connectivity index (χ2v) is 11.5. The van der Waals surface area contributed by atoms with Gasteiger partial charge in [-0.15, -0.1) is 0 Å². The Labute approximate surface area is 230 Å². The van der Waals surface area contributed by atoms with Gasteiger partial charge in [0.1, 0.15) is 5.75 Å². The number of methoxy groups -OCH3 is 1. The molecule has 8 nitrogen and oxygen atoms in total. The second kappa shape index (κ2) is 12.6. The number of hydrogen-bond donors (Lipinski definition) is 2. The van der Waals surface area contributed by atoms with Crippen LogP contribution in [0.4, 0.5) is 0 Å². The molecule has 0 saturated heterocycles. The third-order valence-electron chi connectivity index (χ3n) is 6.65. The van der Waals surface area contributed by atoms with Crippen molar-refractivity contribution in [3.8, 4) is 5.75 Å². The van der Waals surface area contributed by atoms with Gasteiger partial charge < -0.3 is 19.9 Å². The van der Waals surface area contributed by atoms with E-state index >= 15 is 0 Å². The minimum atomic E-state index is -3.60. The standard InChI is InChI=1S/C30H33N3O5S.H2/c1-22(34)33(20-23-10-6-9-15-29(23)38-2)21-25(18-24-19-31-28-14-8-7-13-27(24)28)32-30(35)16-17-39(36,37)26-11-4-3-5-12-26;/h3-15,19,25,31H,16-18,20-21H2,1-2H3,(H,32,35);1H. The maximum atomic E-state index is 13.0. The largest absolute Gasteiger partial charge is 0.496 e. The van der Waals surface area contributed by atoms with E-state index in [1.165, 1.54) is 19.1 Å². The maximum absolute atomic E-state index is 13.0. The molecule has 2 N–H and O–H groups in total. The maximum Gasteiger partial charge on any atom is 0.221 e. The molecule has 1 aromatic heterocycles. The Morgan fingerprint density at radius 3 is 2.41 bits per heavy atom. The number of nitrogens with zero attached hydrogens (tertiary/aromatic N) is 1. The highest BCUT2D eigenvalue weighted by Crippen LogP contribution is 2.22. The number of ether oxygens (including phenoxy) is 1. The quantitative estimate of drug-likeness (QED) is 0.273. The van der Waals surface area contributed by atoms with Crippen molar-refractivity contribution in [1.29, 1.82) is 0 Å². The topological polar surface area (TPSA) is 109 Å². The van der Waals surface area contributed by atoms with Gasteiger partial charge in [-0.2, -0.15) is 0 Å². The molecule has 0 fully saturated rings. The minimum absolute atomic E-state index is 0. The van der Waals surface area contributed by atoms with Crippen LogP contribution in [0.25, 0.3) is 10.9 Å². The molecule has 0 aliphatic rings. The summed E-state index contributed by atoms with van der Waals surface area (Å²) < 4.78 is 30.9. The van der Waals surface area contributed by atoms with Gasteiger partial charge in [0.25, 0.3) is 0 Å². The summed E-state index contributed by atoms with van der Waals surface area (Å²) in [6.45, 7) is 2.04. The number of rotatable bonds is 12. The van der Waals surface area contributed by atoms with Crippen molar-refractivity contribution in [2.45, 2.75) is 37.2 Å². The van der Waals surface area contributed by atoms with Gasteiger partial charge in [0.05, 0.1) is 23.8 Å². The number of benzene rings is 3. The van der Waals surface area contributed by atoms with E-state index in [1.807, 2.05) is 54.7 Å². The lowest BCUT2D eigenvalue weighted by Gasteiger charge is -2.28. The van der Waals surface area contributed by atoms with Gasteiger partial charge in [0, 0.05) is 50.5 Å². The van der Waals surface area contributed by atoms with E-state index in [0.29, 0.717) is 18.7 Å². The van der Waals surface area contributed by atoms with E-state index < -0.39 is 15.9 Å². The Hall–Kier alpha value is -4.11. The van der Waals surface area contributed by atoms with Crippen LogP contribution in [0.3, 0.4) is 0 Å². The first-order chi connectivity index (χ1) is 18.8. The lowest BCUT2D eigenvalue weighted by Crippen LogP contribution is -2.46. The van der Waals surface area contributed by atoms with Crippen molar-refractivity contribution >= 4 is 32.6 Å². The van der Waals surface area contributed by atoms with Gasteiger partial charge in [-0.1, -0.05) is 54.6 Å². The van der Waals surface area contributed by atoms with Gasteiger partial charge in [-0.05, 0) is 36.2 Å². The highest BCUT2D eigenvalue weighted by atomic mass is 32.2. The summed E-state index contributed by atoms with van der Waals surface area (Å²) >= 11 is 0. The van der Waals surface area contributed by atoms with Crippen LogP contribution in [0.1, 0.15) is 25.9 Å². The fraction of sp³-hybridized carbons (Fsp3) is 0.267. The Morgan fingerprint density at radius 2 is 1.67 bits per heavy atom. The molecular formula is C30H35N3O5S. The van der Waals surface area contributed by atoms with Gasteiger partial charge >= 0.3 is 0 Å². The molecule has 39 heavy (non-hydrogen) atoms. The van der Waals surface area contributed by atoms with Gasteiger partial charge in [0.15, 0.2) is 9.84 Å². The van der Waals surface area contributed by atoms with Crippen molar-refractivity contribution in [3.63, 3.8) is 0 Å². The number of H-pyrrole nitrogens is 1. The first-order valence-corrected chi connectivity index (χ1v) is 14.4. The zero-order valence-electron chi connectivity index (χ0n) is 22.1. The van der Waals surface area contributed by atoms with Gasteiger partial charge in [-0.25, -0.2) is 8.42 Å². The first-order valence-electron chi connectivity index (χ1n) is 12.8. The fourth-order valence-corrected chi connectivity index (χ4v) is 5.87. The van der Waals surface area contributed by atoms with Crippen LogP contribution in [0.5, 0.6) is 5.75 Å². The molecule has 2 amide bonds. The van der Waals surface area contributed by atoms with E-state index in [9.17, 15) is 18.0 Å². The highest BCUT2D eigenvalue weighted by Gasteiger charge is 2.23. The van der Waals surface area contributed by atoms with E-state index in [-0.39, 0.29) is 36.9 Å². The SMILES string of the molecule is COc1ccccc1CN(CC(Cc1c[nH]c2ccccc12)NC(=O)CCS(=O)(=O)c1ccccc1)C(C)=O.[HH]. The normalized spacial score (nSPS) is 12.2. The number of sulfone groups is 1. The van der Waals surface area contributed by atoms with Crippen LogP contribution < -0.4 is 10.1 Å². The van der Waals surface area contributed by atoms with Gasteiger partial charge in [0.2, 0.25) is 11.8 Å². The molecule has 1 atom stereocenters. The minimum Gasteiger partial charge on any atom is -0.496 e. The van der Waals surface area contributed by atoms with Crippen LogP contribution in [-0.4, -0.2) is 55.6 Å². The molecule has 206 valence electrons. The number of carbonyl (C=O) groups is 2. The van der Waals surface area contributed by atoms with E-state index in [2.05, 4.69) is 10.3 Å². The van der Waals surface area contributed by atoms with Crippen LogP contribution in [0.2, 0.25) is 0 Å². The highest BCUT2D eigenvalue weighted by molar-refractivity contribution is 7.91. The lowest BCUT2D eigenvalue weighted by atomic mass is 10.0. The molecule has 0 aliphatic heterocycles. The molecule has 3 aromatic carbocycles. The van der Waals surface area contributed by atoms with Crippen molar-refractivity contribution in [1.82, 2.24) is 15.2 Å². The molecule has 0 spiro atoms. The summed E-state index contributed by atoms with van der Waals surface area (Å²) in [5.74, 6) is -0.168. The Kier molecular flexibility index (Phi) is 9.03. The third kappa shape index (κ3) is 7.26. The summed E-state index contributed by atoms with van der Waals surface area (Å²) in [4.78, 5) is 30.8. The third-order valence-corrected chi connectivity index (χ3v) is 8.38. The molecule has 4 aromatic rings. The summed E-state index contributed by atoms with van der Waals surface area (Å²) in [5.41, 5.74) is 2.82. The number of carbonyl (C=O) groups excluding carboxylic acids is 2. The molecule has 0 aliphatic carbocycles. The average Bonchev–Trinajstić information content (AvgIpc) is 3.35. The Balaban J connectivity index is 0.00000441. The second-order valence-electron chi connectivity index (χ2n) is 9.42. The first kappa shape index (κ1) is 27.9. The molecule has 0 bridgehead atoms. The van der Waals surface area contributed by atoms with E-state index in [0.717, 1.165) is 22.0 Å². The molecule has 0 radical (unpaired) electrons. The Bertz CT molecular complexity index is 1540. The number of aromatic nitrogens is 1. The number of aromatic amines is 1. The van der Waals surface area contributed by atoms with E-state index in [1.54, 1.807) is 30.2 Å². The number of amides is 2. The van der Waals surface area contributed by atoms with Gasteiger partial charge in [-0.3, -0.25) is 9.59 Å². The summed E-state index contributed by atoms with van der Waals surface area (Å²) in [6, 6.07) is 23.0. The van der Waals surface area contributed by atoms with Crippen LogP contribution >= 0.6 is 0 Å². The predicted octanol–water partition coefficient (Wildman–Crippen LogP) is 4.36. The molecule has 4 rings (SSSR count). The average molecular weight is 550 g/mol. The van der Waals surface area contributed by atoms with Crippen molar-refractivity contribution in [2.24, 2.45) is 0 Å². The van der Waals surface area contributed by atoms with Crippen molar-refractivity contribution in [3.05, 3.63) is 96.2 Å². The van der Waals surface area contributed by atoms with E-state index in [4.69, 9.17) is 4.74 Å². The monoisotopic (exact) mass is 549 g/mol. The summed E-state index contributed by atoms with van der Waals surface area (Å²) in [5, 5.41) is 4.03. The Morgan fingerprint density at radius 1 is 0.974 bits per heavy atom. The molecule has 1 heterocycles. The molecular weight excluding hydrogens is 514 g/mol. The smallest absolute Gasteiger partial charge is 0.221 e. The molecule has 9 heteroatoms. The van der Waals surface area contributed by atoms with Crippen LogP contribution in [-0.2, 0) is 32.4 Å². The lowest BCUT2D eigenvalue weighted by molar-refractivity contribution is -0.130. The van der Waals surface area contributed by atoms with Crippen LogP contribution in [0, 0.1) is 0 Å². The number of fused-ring (bicyclic) bond motifs is 1. The molecule has 0 saturated carbocycles. The number of nitrogens with one attached hydrogen (secondary N) is 2. The van der Waals surface area contributed by atoms with Crippen molar-refractivity contribution in [2.75, 3.05) is 19.4 Å². The van der Waals surface area contributed by atoms with Crippen LogP contribution in [0.15, 0.2) is 90.0 Å². The molecule has 1 unspecified atom stereocenters. The summed E-state index contributed by atoms with van der Waals surface area (Å²) in [6.07, 6.45) is 2.17. The number of hydrogen-bond acceptors (Lipinski definition) is 5. The summed E-state index contributed by atoms with van der Waals surface area (Å²) in [7, 11) is -2.02. The number of para-hydroxylation sites is 2. The van der Waals surface area contributed by atoms with Crippen molar-refractivity contribution < 1.29 is 24.2 Å². The predicted molar refractivity (Wildman–Crippen MR) is 153 cm³/mol. The fourth-order valence-electron chi connectivity index (χ4n) is 4.61. The zero-order chi connectivity index (χ0) is 27.8. The zero-order valence-corrected chi connectivity index (χ0v) is 22.9.